The van der Waals surface area contributed by atoms with Crippen molar-refractivity contribution < 1.29 is 19.4 Å². The van der Waals surface area contributed by atoms with E-state index in [2.05, 4.69) is 5.32 Å². The van der Waals surface area contributed by atoms with Gasteiger partial charge in [0.1, 0.15) is 5.75 Å². The molecular weight excluding hydrogens is 282 g/mol. The van der Waals surface area contributed by atoms with Crippen LogP contribution in [0.25, 0.3) is 0 Å². The molecule has 0 atom stereocenters. The van der Waals surface area contributed by atoms with Crippen molar-refractivity contribution in [2.75, 3.05) is 18.5 Å². The van der Waals surface area contributed by atoms with Crippen LogP contribution in [0.15, 0.2) is 36.4 Å². The molecular formula is C17H17NO4. The van der Waals surface area contributed by atoms with Crippen LogP contribution in [-0.2, 0) is 0 Å². The first kappa shape index (κ1) is 14.3. The lowest BCUT2D eigenvalue weighted by Gasteiger charge is -2.11. The molecule has 1 heterocycles. The second-order valence-corrected chi connectivity index (χ2v) is 5.17. The van der Waals surface area contributed by atoms with Crippen LogP contribution < -0.4 is 14.8 Å². The Labute approximate surface area is 128 Å². The molecule has 114 valence electrons. The molecule has 2 aromatic carbocycles. The number of amides is 1. The summed E-state index contributed by atoms with van der Waals surface area (Å²) in [6, 6.07) is 10.1. The van der Waals surface area contributed by atoms with Gasteiger partial charge in [0.15, 0.2) is 11.5 Å². The second kappa shape index (κ2) is 5.97. The number of phenolic OH excluding ortho intramolecular Hbond substituents is 1. The minimum absolute atomic E-state index is 0.103. The topological polar surface area (TPSA) is 67.8 Å². The molecule has 1 amide bonds. The Balaban J connectivity index is 1.79. The van der Waals surface area contributed by atoms with Crippen molar-refractivity contribution in [3.8, 4) is 17.2 Å². The zero-order valence-corrected chi connectivity index (χ0v) is 12.3. The number of aromatic hydroxyl groups is 1. The van der Waals surface area contributed by atoms with Gasteiger partial charge >= 0.3 is 0 Å². The third-order valence-corrected chi connectivity index (χ3v) is 3.48. The van der Waals surface area contributed by atoms with Gasteiger partial charge in [0.25, 0.3) is 5.91 Å². The minimum atomic E-state index is -0.287. The van der Waals surface area contributed by atoms with E-state index in [-0.39, 0.29) is 11.7 Å². The summed E-state index contributed by atoms with van der Waals surface area (Å²) in [7, 11) is 0. The normalized spacial score (nSPS) is 13.3. The molecule has 2 aromatic rings. The molecule has 0 saturated heterocycles. The first-order valence-electron chi connectivity index (χ1n) is 7.14. The Morgan fingerprint density at radius 3 is 2.64 bits per heavy atom. The van der Waals surface area contributed by atoms with Gasteiger partial charge in [-0.05, 0) is 36.8 Å². The smallest absolute Gasteiger partial charge is 0.255 e. The summed E-state index contributed by atoms with van der Waals surface area (Å²) < 4.78 is 11.1. The summed E-state index contributed by atoms with van der Waals surface area (Å²) in [5.41, 5.74) is 1.75. The SMILES string of the molecule is Cc1ccc(C(=O)Nc2ccc3c(c2)OCCCO3)cc1O. The van der Waals surface area contributed by atoms with E-state index in [4.69, 9.17) is 9.47 Å². The number of carbonyl (C=O) groups excluding carboxylic acids is 1. The zero-order valence-electron chi connectivity index (χ0n) is 12.3. The summed E-state index contributed by atoms with van der Waals surface area (Å²) in [5.74, 6) is 1.13. The molecule has 0 spiro atoms. The highest BCUT2D eigenvalue weighted by Crippen LogP contribution is 2.32. The lowest BCUT2D eigenvalue weighted by molar-refractivity contribution is 0.102. The van der Waals surface area contributed by atoms with Gasteiger partial charge in [-0.3, -0.25) is 4.79 Å². The van der Waals surface area contributed by atoms with Gasteiger partial charge in [0.05, 0.1) is 13.2 Å². The van der Waals surface area contributed by atoms with E-state index in [9.17, 15) is 9.90 Å². The maximum absolute atomic E-state index is 12.2. The number of ether oxygens (including phenoxy) is 2. The summed E-state index contributed by atoms with van der Waals surface area (Å²) >= 11 is 0. The van der Waals surface area contributed by atoms with Gasteiger partial charge in [-0.2, -0.15) is 0 Å². The van der Waals surface area contributed by atoms with E-state index >= 15 is 0 Å². The Morgan fingerprint density at radius 1 is 1.09 bits per heavy atom. The largest absolute Gasteiger partial charge is 0.508 e. The van der Waals surface area contributed by atoms with E-state index in [1.54, 1.807) is 37.3 Å². The Hall–Kier alpha value is -2.69. The molecule has 0 aliphatic carbocycles. The number of rotatable bonds is 2. The first-order chi connectivity index (χ1) is 10.6. The van der Waals surface area contributed by atoms with Crippen LogP contribution in [0.5, 0.6) is 17.2 Å². The van der Waals surface area contributed by atoms with Crippen molar-refractivity contribution in [2.45, 2.75) is 13.3 Å². The molecule has 3 rings (SSSR count). The van der Waals surface area contributed by atoms with Gasteiger partial charge in [-0.25, -0.2) is 0 Å². The molecule has 1 aliphatic heterocycles. The fourth-order valence-corrected chi connectivity index (χ4v) is 2.19. The third kappa shape index (κ3) is 2.98. The zero-order chi connectivity index (χ0) is 15.5. The van der Waals surface area contributed by atoms with Crippen molar-refractivity contribution in [1.82, 2.24) is 0 Å². The van der Waals surface area contributed by atoms with Crippen LogP contribution in [0.2, 0.25) is 0 Å². The van der Waals surface area contributed by atoms with Crippen LogP contribution in [0.1, 0.15) is 22.3 Å². The summed E-state index contributed by atoms with van der Waals surface area (Å²) in [6.07, 6.45) is 0.832. The Morgan fingerprint density at radius 2 is 1.86 bits per heavy atom. The third-order valence-electron chi connectivity index (χ3n) is 3.48. The number of hydrogen-bond donors (Lipinski definition) is 2. The Kier molecular flexibility index (Phi) is 3.87. The van der Waals surface area contributed by atoms with Gasteiger partial charge < -0.3 is 19.9 Å². The van der Waals surface area contributed by atoms with Crippen LogP contribution in [0, 0.1) is 6.92 Å². The fraction of sp³-hybridized carbons (Fsp3) is 0.235. The van der Waals surface area contributed by atoms with E-state index < -0.39 is 0 Å². The highest BCUT2D eigenvalue weighted by atomic mass is 16.5. The number of carbonyl (C=O) groups is 1. The van der Waals surface area contributed by atoms with Crippen molar-refractivity contribution in [2.24, 2.45) is 0 Å². The molecule has 5 nitrogen and oxygen atoms in total. The fourth-order valence-electron chi connectivity index (χ4n) is 2.19. The van der Waals surface area contributed by atoms with Crippen LogP contribution >= 0.6 is 0 Å². The highest BCUT2D eigenvalue weighted by Gasteiger charge is 2.13. The number of hydrogen-bond acceptors (Lipinski definition) is 4. The van der Waals surface area contributed by atoms with E-state index in [0.29, 0.717) is 36.0 Å². The summed E-state index contributed by atoms with van der Waals surface area (Å²) in [5, 5.41) is 12.5. The molecule has 0 fully saturated rings. The number of phenols is 1. The quantitative estimate of drug-likeness (QED) is 0.894. The molecule has 2 N–H and O–H groups in total. The predicted molar refractivity (Wildman–Crippen MR) is 82.8 cm³/mol. The minimum Gasteiger partial charge on any atom is -0.508 e. The lowest BCUT2D eigenvalue weighted by Crippen LogP contribution is -2.12. The van der Waals surface area contributed by atoms with Crippen LogP contribution in [0.4, 0.5) is 5.69 Å². The predicted octanol–water partition coefficient (Wildman–Crippen LogP) is 3.11. The Bertz CT molecular complexity index is 712. The van der Waals surface area contributed by atoms with E-state index in [1.165, 1.54) is 6.07 Å². The maximum atomic E-state index is 12.2. The van der Waals surface area contributed by atoms with Gasteiger partial charge in [-0.1, -0.05) is 6.07 Å². The average Bonchev–Trinajstić information content (AvgIpc) is 2.74. The van der Waals surface area contributed by atoms with Crippen molar-refractivity contribution in [3.63, 3.8) is 0 Å². The molecule has 0 bridgehead atoms. The van der Waals surface area contributed by atoms with E-state index in [0.717, 1.165) is 12.0 Å². The highest BCUT2D eigenvalue weighted by molar-refractivity contribution is 6.04. The van der Waals surface area contributed by atoms with Crippen LogP contribution in [-0.4, -0.2) is 24.2 Å². The summed E-state index contributed by atoms with van der Waals surface area (Å²) in [6.45, 7) is 3.00. The molecule has 0 aromatic heterocycles. The van der Waals surface area contributed by atoms with Crippen molar-refractivity contribution >= 4 is 11.6 Å². The number of fused-ring (bicyclic) bond motifs is 1. The first-order valence-corrected chi connectivity index (χ1v) is 7.14. The number of nitrogens with one attached hydrogen (secondary N) is 1. The lowest BCUT2D eigenvalue weighted by atomic mass is 10.1. The molecule has 5 heteroatoms. The van der Waals surface area contributed by atoms with Gasteiger partial charge in [-0.15, -0.1) is 0 Å². The molecule has 0 saturated carbocycles. The number of anilines is 1. The van der Waals surface area contributed by atoms with Crippen molar-refractivity contribution in [3.05, 3.63) is 47.5 Å². The number of benzene rings is 2. The second-order valence-electron chi connectivity index (χ2n) is 5.17. The average molecular weight is 299 g/mol. The monoisotopic (exact) mass is 299 g/mol. The maximum Gasteiger partial charge on any atom is 0.255 e. The molecule has 0 unspecified atom stereocenters. The summed E-state index contributed by atoms with van der Waals surface area (Å²) in [4.78, 5) is 12.2. The van der Waals surface area contributed by atoms with Gasteiger partial charge in [0.2, 0.25) is 0 Å². The van der Waals surface area contributed by atoms with E-state index in [1.807, 2.05) is 0 Å². The standard InChI is InChI=1S/C17H17NO4/c1-11-3-4-12(9-14(11)19)17(20)18-13-5-6-15-16(10-13)22-8-2-7-21-15/h3-6,9-10,19H,2,7-8H2,1H3,(H,18,20). The van der Waals surface area contributed by atoms with Crippen LogP contribution in [0.3, 0.4) is 0 Å². The molecule has 22 heavy (non-hydrogen) atoms. The van der Waals surface area contributed by atoms with Crippen molar-refractivity contribution in [1.29, 1.82) is 0 Å². The molecule has 0 radical (unpaired) electrons. The molecule has 1 aliphatic rings. The number of aryl methyl sites for hydroxylation is 1. The van der Waals surface area contributed by atoms with Gasteiger partial charge in [0, 0.05) is 23.7 Å².